The van der Waals surface area contributed by atoms with Gasteiger partial charge in [-0.2, -0.15) is 0 Å². The Hall–Kier alpha value is 0.110. The van der Waals surface area contributed by atoms with Crippen molar-refractivity contribution in [3.63, 3.8) is 0 Å². The lowest BCUT2D eigenvalue weighted by molar-refractivity contribution is 1.59. The third kappa shape index (κ3) is 4.27. The Morgan fingerprint density at radius 1 is 1.88 bits per heavy atom. The number of rotatable bonds is 2. The largest absolute Gasteiger partial charge is 0.288 e. The maximum Gasteiger partial charge on any atom is 0.121 e. The molecular formula is C5H9NS2. The van der Waals surface area contributed by atoms with Gasteiger partial charge in [0.25, 0.3) is 0 Å². The summed E-state index contributed by atoms with van der Waals surface area (Å²) in [5.41, 5.74) is 0. The first kappa shape index (κ1) is 8.11. The van der Waals surface area contributed by atoms with Gasteiger partial charge in [-0.25, -0.2) is 0 Å². The highest BCUT2D eigenvalue weighted by Crippen LogP contribution is 2.10. The van der Waals surface area contributed by atoms with Gasteiger partial charge < -0.3 is 0 Å². The lowest BCUT2D eigenvalue weighted by atomic mass is 10.8. The number of hydrogen-bond acceptors (Lipinski definition) is 3. The summed E-state index contributed by atoms with van der Waals surface area (Å²) in [4.78, 5) is 0. The Morgan fingerprint density at radius 3 is 2.88 bits per heavy atom. The topological polar surface area (TPSA) is 23.9 Å². The summed E-state index contributed by atoms with van der Waals surface area (Å²) in [7, 11) is 0. The molecule has 0 heterocycles. The van der Waals surface area contributed by atoms with Gasteiger partial charge in [-0.15, -0.1) is 18.3 Å². The van der Waals surface area contributed by atoms with Gasteiger partial charge in [0, 0.05) is 5.75 Å². The highest BCUT2D eigenvalue weighted by Gasteiger charge is 1.88. The van der Waals surface area contributed by atoms with Crippen LogP contribution in [0.1, 0.15) is 0 Å². The smallest absolute Gasteiger partial charge is 0.121 e. The van der Waals surface area contributed by atoms with Crippen molar-refractivity contribution >= 4 is 27.9 Å². The normalized spacial score (nSPS) is 8.62. The van der Waals surface area contributed by atoms with Gasteiger partial charge in [-0.1, -0.05) is 17.8 Å². The van der Waals surface area contributed by atoms with Crippen molar-refractivity contribution in [3.8, 4) is 0 Å². The van der Waals surface area contributed by atoms with Crippen molar-refractivity contribution in [1.29, 1.82) is 5.41 Å². The van der Waals surface area contributed by atoms with Crippen molar-refractivity contribution in [2.45, 2.75) is 0 Å². The lowest BCUT2D eigenvalue weighted by Gasteiger charge is -1.92. The van der Waals surface area contributed by atoms with E-state index in [1.165, 1.54) is 23.5 Å². The van der Waals surface area contributed by atoms with Gasteiger partial charge in [0.15, 0.2) is 0 Å². The van der Waals surface area contributed by atoms with Crippen LogP contribution in [0.2, 0.25) is 0 Å². The molecule has 0 saturated carbocycles. The van der Waals surface area contributed by atoms with E-state index in [1.807, 2.05) is 6.26 Å². The van der Waals surface area contributed by atoms with Crippen LogP contribution >= 0.6 is 23.5 Å². The summed E-state index contributed by atoms with van der Waals surface area (Å²) in [6.07, 6.45) is 3.70. The van der Waals surface area contributed by atoms with E-state index in [9.17, 15) is 0 Å². The van der Waals surface area contributed by atoms with Crippen LogP contribution in [0.3, 0.4) is 0 Å². The van der Waals surface area contributed by atoms with Crippen LogP contribution in [0.25, 0.3) is 0 Å². The highest BCUT2D eigenvalue weighted by atomic mass is 32.2. The van der Waals surface area contributed by atoms with E-state index in [0.717, 1.165) is 5.75 Å². The summed E-state index contributed by atoms with van der Waals surface area (Å²) < 4.78 is 0.657. The maximum atomic E-state index is 7.12. The van der Waals surface area contributed by atoms with E-state index in [1.54, 1.807) is 6.08 Å². The molecule has 0 rings (SSSR count). The SMILES string of the molecule is C=CCSC(=N)SC. The number of thioether (sulfide) groups is 2. The number of nitrogens with one attached hydrogen (secondary N) is 1. The van der Waals surface area contributed by atoms with Crippen LogP contribution in [-0.2, 0) is 0 Å². The highest BCUT2D eigenvalue weighted by molar-refractivity contribution is 8.38. The molecule has 0 aromatic heterocycles. The van der Waals surface area contributed by atoms with Crippen LogP contribution in [0.4, 0.5) is 0 Å². The number of hydrogen-bond donors (Lipinski definition) is 1. The molecule has 0 amide bonds. The maximum absolute atomic E-state index is 7.12. The molecule has 0 radical (unpaired) electrons. The van der Waals surface area contributed by atoms with Crippen LogP contribution in [0.5, 0.6) is 0 Å². The molecule has 0 spiro atoms. The minimum absolute atomic E-state index is 0.657. The molecule has 0 aromatic carbocycles. The predicted molar refractivity (Wildman–Crippen MR) is 43.9 cm³/mol. The fraction of sp³-hybridized carbons (Fsp3) is 0.400. The fourth-order valence-electron chi connectivity index (χ4n) is 0.194. The van der Waals surface area contributed by atoms with Crippen molar-refractivity contribution in [1.82, 2.24) is 0 Å². The minimum Gasteiger partial charge on any atom is -0.288 e. The van der Waals surface area contributed by atoms with Gasteiger partial charge in [-0.05, 0) is 6.26 Å². The second kappa shape index (κ2) is 5.25. The monoisotopic (exact) mass is 147 g/mol. The molecule has 1 nitrogen and oxygen atoms in total. The van der Waals surface area contributed by atoms with Gasteiger partial charge >= 0.3 is 0 Å². The van der Waals surface area contributed by atoms with Crippen LogP contribution in [0.15, 0.2) is 12.7 Å². The van der Waals surface area contributed by atoms with Crippen LogP contribution in [0, 0.1) is 5.41 Å². The first-order chi connectivity index (χ1) is 3.81. The fourth-order valence-corrected chi connectivity index (χ4v) is 1.14. The quantitative estimate of drug-likeness (QED) is 0.368. The molecule has 0 aliphatic carbocycles. The van der Waals surface area contributed by atoms with E-state index in [-0.39, 0.29) is 0 Å². The van der Waals surface area contributed by atoms with Gasteiger partial charge in [-0.3, -0.25) is 5.41 Å². The molecule has 0 saturated heterocycles. The Morgan fingerprint density at radius 2 is 2.50 bits per heavy atom. The second-order valence-corrected chi connectivity index (χ2v) is 3.20. The molecule has 0 bridgehead atoms. The zero-order valence-electron chi connectivity index (χ0n) is 4.81. The lowest BCUT2D eigenvalue weighted by Crippen LogP contribution is -1.79. The molecule has 8 heavy (non-hydrogen) atoms. The second-order valence-electron chi connectivity index (χ2n) is 1.09. The molecule has 0 aliphatic rings. The zero-order valence-corrected chi connectivity index (χ0v) is 6.44. The summed E-state index contributed by atoms with van der Waals surface area (Å²) in [5.74, 6) is 0.847. The molecule has 0 aromatic rings. The van der Waals surface area contributed by atoms with Crippen molar-refractivity contribution in [2.24, 2.45) is 0 Å². The standard InChI is InChI=1S/C5H9NS2/c1-3-4-8-5(6)7-2/h3,6H,1,4H2,2H3. The van der Waals surface area contributed by atoms with Gasteiger partial charge in [0.2, 0.25) is 0 Å². The average Bonchev–Trinajstić information content (AvgIpc) is 1.83. The Labute approximate surface area is 58.4 Å². The Bertz CT molecular complexity index is 90.4. The van der Waals surface area contributed by atoms with E-state index in [2.05, 4.69) is 6.58 Å². The van der Waals surface area contributed by atoms with Crippen LogP contribution < -0.4 is 0 Å². The summed E-state index contributed by atoms with van der Waals surface area (Å²) in [6.45, 7) is 3.54. The first-order valence-corrected chi connectivity index (χ1v) is 4.38. The van der Waals surface area contributed by atoms with Crippen LogP contribution in [-0.4, -0.2) is 16.4 Å². The molecule has 46 valence electrons. The first-order valence-electron chi connectivity index (χ1n) is 2.17. The van der Waals surface area contributed by atoms with Crippen molar-refractivity contribution in [2.75, 3.05) is 12.0 Å². The molecule has 3 heteroatoms. The molecule has 0 fully saturated rings. The summed E-state index contributed by atoms with van der Waals surface area (Å²) in [6, 6.07) is 0. The average molecular weight is 147 g/mol. The third-order valence-electron chi connectivity index (χ3n) is 0.518. The van der Waals surface area contributed by atoms with Gasteiger partial charge in [0.1, 0.15) is 4.38 Å². The van der Waals surface area contributed by atoms with Gasteiger partial charge in [0.05, 0.1) is 0 Å². The molecule has 0 aliphatic heterocycles. The summed E-state index contributed by atoms with van der Waals surface area (Å²) >= 11 is 2.97. The predicted octanol–water partition coefficient (Wildman–Crippen LogP) is 2.20. The Balaban J connectivity index is 3.11. The molecular weight excluding hydrogens is 138 g/mol. The zero-order chi connectivity index (χ0) is 6.41. The van der Waals surface area contributed by atoms with E-state index in [0.29, 0.717) is 4.38 Å². The molecule has 0 atom stereocenters. The minimum atomic E-state index is 0.657. The summed E-state index contributed by atoms with van der Waals surface area (Å²) in [5, 5.41) is 7.12. The molecule has 0 unspecified atom stereocenters. The van der Waals surface area contributed by atoms with Crippen molar-refractivity contribution in [3.05, 3.63) is 12.7 Å². The third-order valence-corrected chi connectivity index (χ3v) is 2.41. The van der Waals surface area contributed by atoms with Crippen molar-refractivity contribution < 1.29 is 0 Å². The van der Waals surface area contributed by atoms with E-state index in [4.69, 9.17) is 5.41 Å². The molecule has 1 N–H and O–H groups in total. The van der Waals surface area contributed by atoms with E-state index < -0.39 is 0 Å². The Kier molecular flexibility index (Phi) is 5.32. The van der Waals surface area contributed by atoms with E-state index >= 15 is 0 Å².